The lowest BCUT2D eigenvalue weighted by molar-refractivity contribution is -0.151. The fourth-order valence-corrected chi connectivity index (χ4v) is 2.19. The van der Waals surface area contributed by atoms with E-state index in [-0.39, 0.29) is 30.2 Å². The van der Waals surface area contributed by atoms with E-state index in [0.717, 1.165) is 0 Å². The summed E-state index contributed by atoms with van der Waals surface area (Å²) in [5.41, 5.74) is 0.0742. The van der Waals surface area contributed by atoms with Gasteiger partial charge in [0.15, 0.2) is 17.5 Å². The molecular formula is C14H17NO6. The van der Waals surface area contributed by atoms with Gasteiger partial charge in [0, 0.05) is 6.54 Å². The zero-order valence-corrected chi connectivity index (χ0v) is 11.9. The van der Waals surface area contributed by atoms with Gasteiger partial charge in [0.25, 0.3) is 5.91 Å². The van der Waals surface area contributed by atoms with Crippen LogP contribution < -0.4 is 4.74 Å². The van der Waals surface area contributed by atoms with Gasteiger partial charge in [-0.05, 0) is 12.1 Å². The van der Waals surface area contributed by atoms with Gasteiger partial charge in [-0.15, -0.1) is 0 Å². The number of carbonyl (C=O) groups is 2. The van der Waals surface area contributed by atoms with Gasteiger partial charge >= 0.3 is 5.97 Å². The number of ether oxygens (including phenoxy) is 3. The molecule has 0 aromatic heterocycles. The summed E-state index contributed by atoms with van der Waals surface area (Å²) in [6, 6.07) is 3.80. The van der Waals surface area contributed by atoms with Crippen LogP contribution in [0.25, 0.3) is 0 Å². The topological polar surface area (TPSA) is 85.3 Å². The second-order valence-corrected chi connectivity index (χ2v) is 4.47. The number of esters is 1. The number of aromatic hydroxyl groups is 1. The molecule has 0 aliphatic carbocycles. The Morgan fingerprint density at radius 3 is 2.81 bits per heavy atom. The maximum Gasteiger partial charge on any atom is 0.331 e. The highest BCUT2D eigenvalue weighted by Crippen LogP contribution is 2.30. The Labute approximate surface area is 122 Å². The molecule has 0 bridgehead atoms. The smallest absolute Gasteiger partial charge is 0.331 e. The average molecular weight is 295 g/mol. The maximum absolute atomic E-state index is 12.6. The summed E-state index contributed by atoms with van der Waals surface area (Å²) in [7, 11) is 2.65. The summed E-state index contributed by atoms with van der Waals surface area (Å²) in [5, 5.41) is 10.1. The van der Waals surface area contributed by atoms with Crippen molar-refractivity contribution in [2.45, 2.75) is 6.04 Å². The molecule has 7 nitrogen and oxygen atoms in total. The van der Waals surface area contributed by atoms with Crippen LogP contribution in [0.2, 0.25) is 0 Å². The summed E-state index contributed by atoms with van der Waals surface area (Å²) < 4.78 is 14.9. The third kappa shape index (κ3) is 2.92. The molecule has 1 atom stereocenters. The highest BCUT2D eigenvalue weighted by molar-refractivity contribution is 5.99. The molecule has 7 heteroatoms. The largest absolute Gasteiger partial charge is 0.504 e. The van der Waals surface area contributed by atoms with Gasteiger partial charge in [0.05, 0.1) is 33.0 Å². The molecule has 1 saturated heterocycles. The Hall–Kier alpha value is -2.28. The quantitative estimate of drug-likeness (QED) is 0.813. The van der Waals surface area contributed by atoms with Crippen molar-refractivity contribution in [2.24, 2.45) is 0 Å². The molecule has 1 fully saturated rings. The molecule has 1 aliphatic heterocycles. The zero-order chi connectivity index (χ0) is 15.4. The first kappa shape index (κ1) is 15.1. The second kappa shape index (κ2) is 6.45. The molecule has 0 spiro atoms. The van der Waals surface area contributed by atoms with Crippen LogP contribution in [0.5, 0.6) is 11.5 Å². The Bertz CT molecular complexity index is 544. The molecule has 0 radical (unpaired) electrons. The molecule has 1 heterocycles. The molecule has 21 heavy (non-hydrogen) atoms. The number of morpholine rings is 1. The molecule has 1 amide bonds. The first-order chi connectivity index (χ1) is 10.1. The van der Waals surface area contributed by atoms with Gasteiger partial charge in [-0.3, -0.25) is 4.79 Å². The Morgan fingerprint density at radius 1 is 1.38 bits per heavy atom. The second-order valence-electron chi connectivity index (χ2n) is 4.47. The molecule has 0 saturated carbocycles. The van der Waals surface area contributed by atoms with E-state index in [4.69, 9.17) is 9.47 Å². The summed E-state index contributed by atoms with van der Waals surface area (Å²) in [4.78, 5) is 25.6. The normalized spacial score (nSPS) is 18.2. The van der Waals surface area contributed by atoms with E-state index in [9.17, 15) is 14.7 Å². The van der Waals surface area contributed by atoms with Crippen LogP contribution in [-0.2, 0) is 14.3 Å². The Morgan fingerprint density at radius 2 is 2.14 bits per heavy atom. The van der Waals surface area contributed by atoms with Gasteiger partial charge in [-0.1, -0.05) is 6.07 Å². The minimum atomic E-state index is -0.818. The van der Waals surface area contributed by atoms with E-state index in [2.05, 4.69) is 4.74 Å². The van der Waals surface area contributed by atoms with Gasteiger partial charge < -0.3 is 24.2 Å². The Kier molecular flexibility index (Phi) is 4.64. The molecule has 1 aromatic rings. The van der Waals surface area contributed by atoms with E-state index in [1.807, 2.05) is 0 Å². The van der Waals surface area contributed by atoms with E-state index in [1.165, 1.54) is 25.2 Å². The van der Waals surface area contributed by atoms with Crippen LogP contribution >= 0.6 is 0 Å². The van der Waals surface area contributed by atoms with E-state index < -0.39 is 17.9 Å². The van der Waals surface area contributed by atoms with Crippen LogP contribution in [0.4, 0.5) is 0 Å². The number of methoxy groups -OCH3 is 2. The fraction of sp³-hybridized carbons (Fsp3) is 0.429. The maximum atomic E-state index is 12.6. The monoisotopic (exact) mass is 295 g/mol. The third-order valence-electron chi connectivity index (χ3n) is 3.31. The summed E-state index contributed by atoms with van der Waals surface area (Å²) in [5.74, 6) is -1.07. The number of amides is 1. The molecular weight excluding hydrogens is 278 g/mol. The van der Waals surface area contributed by atoms with Crippen LogP contribution in [0.15, 0.2) is 18.2 Å². The van der Waals surface area contributed by atoms with Gasteiger partial charge in [-0.2, -0.15) is 0 Å². The van der Waals surface area contributed by atoms with Crippen molar-refractivity contribution in [1.82, 2.24) is 4.90 Å². The predicted octanol–water partition coefficient (Wildman–Crippen LogP) is 0.415. The van der Waals surface area contributed by atoms with Crippen LogP contribution in [0.3, 0.4) is 0 Å². The number of rotatable bonds is 3. The minimum absolute atomic E-state index is 0.0726. The summed E-state index contributed by atoms with van der Waals surface area (Å²) >= 11 is 0. The predicted molar refractivity (Wildman–Crippen MR) is 72.3 cm³/mol. The molecule has 1 aromatic carbocycles. The number of phenolic OH excluding ortho intramolecular Hbond substituents is 1. The first-order valence-electron chi connectivity index (χ1n) is 6.42. The summed E-state index contributed by atoms with van der Waals surface area (Å²) in [6.45, 7) is 0.641. The standard InChI is InChI=1S/C14H17NO6/c1-19-11-5-3-4-9(12(11)16)13(17)15-6-7-21-8-10(15)14(18)20-2/h3-5,10,16H,6-8H2,1-2H3. The number of phenols is 1. The van der Waals surface area contributed by atoms with Crippen molar-refractivity contribution < 1.29 is 28.9 Å². The van der Waals surface area contributed by atoms with Crippen LogP contribution in [0.1, 0.15) is 10.4 Å². The molecule has 114 valence electrons. The molecule has 1 unspecified atom stereocenters. The van der Waals surface area contributed by atoms with E-state index in [0.29, 0.717) is 6.61 Å². The lowest BCUT2D eigenvalue weighted by Crippen LogP contribution is -2.53. The lowest BCUT2D eigenvalue weighted by atomic mass is 10.1. The number of hydrogen-bond donors (Lipinski definition) is 1. The average Bonchev–Trinajstić information content (AvgIpc) is 2.53. The van der Waals surface area contributed by atoms with E-state index >= 15 is 0 Å². The fourth-order valence-electron chi connectivity index (χ4n) is 2.19. The summed E-state index contributed by atoms with van der Waals surface area (Å²) in [6.07, 6.45) is 0. The number of benzene rings is 1. The highest BCUT2D eigenvalue weighted by Gasteiger charge is 2.35. The van der Waals surface area contributed by atoms with Crippen molar-refractivity contribution in [3.8, 4) is 11.5 Å². The number of carbonyl (C=O) groups excluding carboxylic acids is 2. The van der Waals surface area contributed by atoms with Gasteiger partial charge in [-0.25, -0.2) is 4.79 Å². The Balaban J connectivity index is 2.31. The molecule has 2 rings (SSSR count). The van der Waals surface area contributed by atoms with Crippen molar-refractivity contribution in [3.05, 3.63) is 23.8 Å². The van der Waals surface area contributed by atoms with Gasteiger partial charge in [0.1, 0.15) is 0 Å². The zero-order valence-electron chi connectivity index (χ0n) is 11.9. The van der Waals surface area contributed by atoms with Crippen molar-refractivity contribution in [1.29, 1.82) is 0 Å². The van der Waals surface area contributed by atoms with Crippen molar-refractivity contribution >= 4 is 11.9 Å². The molecule has 1 aliphatic rings. The van der Waals surface area contributed by atoms with Crippen molar-refractivity contribution in [3.63, 3.8) is 0 Å². The lowest BCUT2D eigenvalue weighted by Gasteiger charge is -2.33. The van der Waals surface area contributed by atoms with Crippen molar-refractivity contribution in [2.75, 3.05) is 34.0 Å². The van der Waals surface area contributed by atoms with E-state index in [1.54, 1.807) is 12.1 Å². The molecule has 1 N–H and O–H groups in total. The number of nitrogens with zero attached hydrogens (tertiary/aromatic N) is 1. The van der Waals surface area contributed by atoms with Gasteiger partial charge in [0.2, 0.25) is 0 Å². The van der Waals surface area contributed by atoms with Crippen LogP contribution in [0, 0.1) is 0 Å². The minimum Gasteiger partial charge on any atom is -0.504 e. The highest BCUT2D eigenvalue weighted by atomic mass is 16.5. The third-order valence-corrected chi connectivity index (χ3v) is 3.31. The number of para-hydroxylation sites is 1. The van der Waals surface area contributed by atoms with Crippen LogP contribution in [-0.4, -0.2) is 61.9 Å². The number of hydrogen-bond acceptors (Lipinski definition) is 6. The SMILES string of the molecule is COC(=O)C1COCCN1C(=O)c1cccc(OC)c1O. The first-order valence-corrected chi connectivity index (χ1v) is 6.42.